The molecule has 0 saturated carbocycles. The number of aryl methyl sites for hydroxylation is 1. The monoisotopic (exact) mass is 261 g/mol. The molecule has 0 unspecified atom stereocenters. The number of hydrogen-bond donors (Lipinski definition) is 0. The molecule has 92 valence electrons. The second kappa shape index (κ2) is 5.14. The van der Waals surface area contributed by atoms with Crippen LogP contribution in [0.15, 0.2) is 36.7 Å². The lowest BCUT2D eigenvalue weighted by atomic mass is 10.2. The number of carbonyl (C=O) groups is 1. The van der Waals surface area contributed by atoms with Gasteiger partial charge >= 0.3 is 0 Å². The number of nitrogens with zero attached hydrogens (tertiary/aromatic N) is 3. The topological polar surface area (TPSA) is 46.1 Å². The second-order valence-electron chi connectivity index (χ2n) is 3.93. The molecule has 2 aromatic rings. The summed E-state index contributed by atoms with van der Waals surface area (Å²) in [6, 6.07) is 7.68. The van der Waals surface area contributed by atoms with Gasteiger partial charge in [0.05, 0.1) is 12.4 Å². The number of amides is 1. The summed E-state index contributed by atoms with van der Waals surface area (Å²) in [7, 11) is 1.70. The van der Waals surface area contributed by atoms with Gasteiger partial charge in [0.2, 0.25) is 0 Å². The molecule has 0 N–H and O–H groups in total. The first-order valence-electron chi connectivity index (χ1n) is 5.40. The Labute approximate surface area is 110 Å². The van der Waals surface area contributed by atoms with Gasteiger partial charge in [-0.3, -0.25) is 4.79 Å². The highest BCUT2D eigenvalue weighted by atomic mass is 35.5. The van der Waals surface area contributed by atoms with Crippen molar-refractivity contribution in [2.75, 3.05) is 11.9 Å². The van der Waals surface area contributed by atoms with E-state index in [4.69, 9.17) is 11.6 Å². The predicted molar refractivity (Wildman–Crippen MR) is 71.0 cm³/mol. The van der Waals surface area contributed by atoms with Crippen molar-refractivity contribution in [1.29, 1.82) is 0 Å². The van der Waals surface area contributed by atoms with E-state index in [2.05, 4.69) is 9.97 Å². The van der Waals surface area contributed by atoms with Gasteiger partial charge in [0.25, 0.3) is 5.91 Å². The molecule has 0 bridgehead atoms. The Morgan fingerprint density at radius 3 is 2.67 bits per heavy atom. The molecule has 0 atom stereocenters. The smallest absolute Gasteiger partial charge is 0.278 e. The fourth-order valence-electron chi connectivity index (χ4n) is 1.55. The molecular formula is C13H12ClN3O. The van der Waals surface area contributed by atoms with Gasteiger partial charge in [-0.15, -0.1) is 0 Å². The standard InChI is InChI=1S/C13H12ClN3O/c1-9-4-3-5-10(6-9)17(2)13(18)11-7-16-12(14)8-15-11/h3-8H,1-2H3. The van der Waals surface area contributed by atoms with Gasteiger partial charge in [0, 0.05) is 12.7 Å². The summed E-state index contributed by atoms with van der Waals surface area (Å²) in [6.07, 6.45) is 2.73. The maximum atomic E-state index is 12.1. The molecule has 18 heavy (non-hydrogen) atoms. The molecule has 0 aliphatic heterocycles. The van der Waals surface area contributed by atoms with E-state index in [-0.39, 0.29) is 16.8 Å². The number of anilines is 1. The first kappa shape index (κ1) is 12.5. The molecule has 5 heteroatoms. The summed E-state index contributed by atoms with van der Waals surface area (Å²) in [4.78, 5) is 21.5. The highest BCUT2D eigenvalue weighted by molar-refractivity contribution is 6.29. The van der Waals surface area contributed by atoms with E-state index >= 15 is 0 Å². The summed E-state index contributed by atoms with van der Waals surface area (Å²) < 4.78 is 0. The summed E-state index contributed by atoms with van der Waals surface area (Å²) in [5.74, 6) is -0.218. The number of benzene rings is 1. The van der Waals surface area contributed by atoms with Gasteiger partial charge in [0.15, 0.2) is 0 Å². The zero-order chi connectivity index (χ0) is 13.1. The van der Waals surface area contributed by atoms with E-state index in [0.717, 1.165) is 11.3 Å². The van der Waals surface area contributed by atoms with Crippen LogP contribution < -0.4 is 4.90 Å². The van der Waals surface area contributed by atoms with Crippen LogP contribution in [-0.2, 0) is 0 Å². The maximum absolute atomic E-state index is 12.1. The Hall–Kier alpha value is -1.94. The minimum absolute atomic E-state index is 0.218. The van der Waals surface area contributed by atoms with Gasteiger partial charge in [-0.2, -0.15) is 0 Å². The number of halogens is 1. The van der Waals surface area contributed by atoms with Crippen molar-refractivity contribution < 1.29 is 4.79 Å². The number of hydrogen-bond acceptors (Lipinski definition) is 3. The van der Waals surface area contributed by atoms with Crippen molar-refractivity contribution in [2.24, 2.45) is 0 Å². The van der Waals surface area contributed by atoms with Crippen LogP contribution in [0, 0.1) is 6.92 Å². The average molecular weight is 262 g/mol. The Bertz CT molecular complexity index is 569. The molecule has 0 fully saturated rings. The zero-order valence-electron chi connectivity index (χ0n) is 10.1. The molecule has 0 saturated heterocycles. The summed E-state index contributed by atoms with van der Waals surface area (Å²) in [6.45, 7) is 1.98. The molecule has 0 radical (unpaired) electrons. The molecule has 0 aliphatic carbocycles. The minimum atomic E-state index is -0.218. The highest BCUT2D eigenvalue weighted by Crippen LogP contribution is 2.16. The van der Waals surface area contributed by atoms with Crippen LogP contribution in [0.1, 0.15) is 16.1 Å². The highest BCUT2D eigenvalue weighted by Gasteiger charge is 2.15. The normalized spacial score (nSPS) is 10.2. The lowest BCUT2D eigenvalue weighted by molar-refractivity contribution is 0.0988. The third kappa shape index (κ3) is 2.65. The van der Waals surface area contributed by atoms with E-state index in [0.29, 0.717) is 0 Å². The quantitative estimate of drug-likeness (QED) is 0.835. The average Bonchev–Trinajstić information content (AvgIpc) is 2.38. The van der Waals surface area contributed by atoms with Gasteiger partial charge < -0.3 is 4.90 Å². The van der Waals surface area contributed by atoms with Crippen LogP contribution in [0.25, 0.3) is 0 Å². The Morgan fingerprint density at radius 1 is 1.28 bits per heavy atom. The minimum Gasteiger partial charge on any atom is -0.310 e. The van der Waals surface area contributed by atoms with Gasteiger partial charge in [-0.1, -0.05) is 23.7 Å². The summed E-state index contributed by atoms with van der Waals surface area (Å²) >= 11 is 5.64. The molecule has 1 heterocycles. The van der Waals surface area contributed by atoms with E-state index in [1.165, 1.54) is 17.3 Å². The Kier molecular flexibility index (Phi) is 3.58. The van der Waals surface area contributed by atoms with Crippen LogP contribution in [0.4, 0.5) is 5.69 Å². The third-order valence-electron chi connectivity index (χ3n) is 2.53. The Balaban J connectivity index is 2.26. The van der Waals surface area contributed by atoms with E-state index in [1.54, 1.807) is 7.05 Å². The van der Waals surface area contributed by atoms with Gasteiger partial charge in [-0.05, 0) is 24.6 Å². The number of aromatic nitrogens is 2. The first-order chi connectivity index (χ1) is 8.58. The van der Waals surface area contributed by atoms with E-state index in [1.807, 2.05) is 31.2 Å². The van der Waals surface area contributed by atoms with E-state index < -0.39 is 0 Å². The van der Waals surface area contributed by atoms with Crippen LogP contribution in [-0.4, -0.2) is 22.9 Å². The molecule has 1 aromatic carbocycles. The molecule has 4 nitrogen and oxygen atoms in total. The third-order valence-corrected chi connectivity index (χ3v) is 2.73. The van der Waals surface area contributed by atoms with Crippen molar-refractivity contribution in [3.63, 3.8) is 0 Å². The Morgan fingerprint density at radius 2 is 2.06 bits per heavy atom. The van der Waals surface area contributed by atoms with Gasteiger partial charge in [-0.25, -0.2) is 9.97 Å². The fraction of sp³-hybridized carbons (Fsp3) is 0.154. The lowest BCUT2D eigenvalue weighted by Crippen LogP contribution is -2.27. The van der Waals surface area contributed by atoms with Crippen LogP contribution in [0.5, 0.6) is 0 Å². The van der Waals surface area contributed by atoms with Crippen molar-refractivity contribution >= 4 is 23.2 Å². The molecule has 0 spiro atoms. The van der Waals surface area contributed by atoms with Crippen LogP contribution >= 0.6 is 11.6 Å². The van der Waals surface area contributed by atoms with Crippen LogP contribution in [0.2, 0.25) is 5.15 Å². The second-order valence-corrected chi connectivity index (χ2v) is 4.31. The molecule has 1 aromatic heterocycles. The van der Waals surface area contributed by atoms with Crippen LogP contribution in [0.3, 0.4) is 0 Å². The van der Waals surface area contributed by atoms with Crippen molar-refractivity contribution in [1.82, 2.24) is 9.97 Å². The first-order valence-corrected chi connectivity index (χ1v) is 5.78. The summed E-state index contributed by atoms with van der Waals surface area (Å²) in [5, 5.41) is 0.268. The largest absolute Gasteiger partial charge is 0.310 e. The molecule has 1 amide bonds. The SMILES string of the molecule is Cc1cccc(N(C)C(=O)c2cnc(Cl)cn2)c1. The number of rotatable bonds is 2. The van der Waals surface area contributed by atoms with Crippen molar-refractivity contribution in [3.05, 3.63) is 53.1 Å². The molecule has 0 aliphatic rings. The zero-order valence-corrected chi connectivity index (χ0v) is 10.8. The van der Waals surface area contributed by atoms with Gasteiger partial charge in [0.1, 0.15) is 10.8 Å². The lowest BCUT2D eigenvalue weighted by Gasteiger charge is -2.17. The van der Waals surface area contributed by atoms with E-state index in [9.17, 15) is 4.79 Å². The van der Waals surface area contributed by atoms with Crippen molar-refractivity contribution in [2.45, 2.75) is 6.92 Å². The van der Waals surface area contributed by atoms with Crippen molar-refractivity contribution in [3.8, 4) is 0 Å². The predicted octanol–water partition coefficient (Wildman–Crippen LogP) is 2.72. The molecule has 2 rings (SSSR count). The molecular weight excluding hydrogens is 250 g/mol. The fourth-order valence-corrected chi connectivity index (χ4v) is 1.65. The number of carbonyl (C=O) groups excluding carboxylic acids is 1. The maximum Gasteiger partial charge on any atom is 0.278 e. The summed E-state index contributed by atoms with van der Waals surface area (Å²) in [5.41, 5.74) is 2.18.